The molecule has 0 spiro atoms. The summed E-state index contributed by atoms with van der Waals surface area (Å²) >= 11 is 0. The normalized spacial score (nSPS) is 15.0. The first-order valence-corrected chi connectivity index (χ1v) is 9.07. The highest BCUT2D eigenvalue weighted by Gasteiger charge is 2.37. The molecule has 162 valence electrons. The number of imide groups is 1. The molecule has 0 N–H and O–H groups in total. The lowest BCUT2D eigenvalue weighted by molar-refractivity contribution is -0.206. The molecule has 1 unspecified atom stereocenters. The summed E-state index contributed by atoms with van der Waals surface area (Å²) in [6, 6.07) is 0. The van der Waals surface area contributed by atoms with Crippen LogP contribution in [0.25, 0.3) is 0 Å². The van der Waals surface area contributed by atoms with Crippen molar-refractivity contribution in [1.29, 1.82) is 0 Å². The van der Waals surface area contributed by atoms with E-state index in [1.807, 2.05) is 0 Å². The van der Waals surface area contributed by atoms with Crippen molar-refractivity contribution < 1.29 is 47.8 Å². The van der Waals surface area contributed by atoms with E-state index >= 15 is 0 Å². The Hall–Kier alpha value is -2.98. The van der Waals surface area contributed by atoms with Gasteiger partial charge in [-0.2, -0.15) is 0 Å². The molecule has 0 aromatic carbocycles. The summed E-state index contributed by atoms with van der Waals surface area (Å²) in [5.41, 5.74) is -0.730. The minimum atomic E-state index is -1.75. The third kappa shape index (κ3) is 8.71. The van der Waals surface area contributed by atoms with Gasteiger partial charge in [-0.15, -0.1) is 5.06 Å². The van der Waals surface area contributed by atoms with Crippen LogP contribution in [-0.4, -0.2) is 59.1 Å². The maximum absolute atomic E-state index is 12.2. The van der Waals surface area contributed by atoms with E-state index in [-0.39, 0.29) is 30.9 Å². The Morgan fingerprint density at radius 2 is 1.52 bits per heavy atom. The maximum Gasteiger partial charge on any atom is 0.374 e. The van der Waals surface area contributed by atoms with E-state index in [2.05, 4.69) is 4.84 Å². The molecular weight excluding hydrogens is 390 g/mol. The van der Waals surface area contributed by atoms with Crippen molar-refractivity contribution in [3.05, 3.63) is 0 Å². The quantitative estimate of drug-likeness (QED) is 0.298. The largest absolute Gasteiger partial charge is 0.466 e. The van der Waals surface area contributed by atoms with Crippen LogP contribution in [0.2, 0.25) is 0 Å². The van der Waals surface area contributed by atoms with Crippen LogP contribution in [0.5, 0.6) is 0 Å². The predicted octanol–water partition coefficient (Wildman–Crippen LogP) is 0.580. The number of carbonyl (C=O) groups excluding carboxylic acids is 6. The number of carbonyl (C=O) groups is 6. The highest BCUT2D eigenvalue weighted by Crippen LogP contribution is 2.15. The molecule has 1 fully saturated rings. The van der Waals surface area contributed by atoms with Crippen LogP contribution in [0.1, 0.15) is 59.8 Å². The van der Waals surface area contributed by atoms with Crippen LogP contribution in [-0.2, 0) is 47.8 Å². The van der Waals surface area contributed by atoms with E-state index in [1.165, 1.54) is 0 Å². The lowest BCUT2D eigenvalue weighted by atomic mass is 10.2. The highest BCUT2D eigenvalue weighted by atomic mass is 16.7. The van der Waals surface area contributed by atoms with Gasteiger partial charge in [0.15, 0.2) is 0 Å². The number of hydrogen-bond donors (Lipinski definition) is 0. The average molecular weight is 415 g/mol. The molecule has 0 aliphatic carbocycles. The number of nitrogens with zero attached hydrogens (tertiary/aromatic N) is 1. The fourth-order valence-electron chi connectivity index (χ4n) is 2.17. The monoisotopic (exact) mass is 415 g/mol. The molecule has 0 saturated carbocycles. The zero-order chi connectivity index (χ0) is 22.2. The smallest absolute Gasteiger partial charge is 0.374 e. The first kappa shape index (κ1) is 24.1. The second-order valence-corrected chi connectivity index (χ2v) is 7.07. The fourth-order valence-corrected chi connectivity index (χ4v) is 2.17. The molecule has 0 aromatic heterocycles. The summed E-state index contributed by atoms with van der Waals surface area (Å²) in [5.74, 6) is -5.21. The van der Waals surface area contributed by atoms with E-state index < -0.39 is 60.2 Å². The van der Waals surface area contributed by atoms with Gasteiger partial charge < -0.3 is 19.0 Å². The van der Waals surface area contributed by atoms with Gasteiger partial charge in [0.25, 0.3) is 11.8 Å². The molecule has 0 aromatic rings. The molecule has 29 heavy (non-hydrogen) atoms. The van der Waals surface area contributed by atoms with Gasteiger partial charge in [0, 0.05) is 12.8 Å². The van der Waals surface area contributed by atoms with Gasteiger partial charge in [-0.3, -0.25) is 24.0 Å². The van der Waals surface area contributed by atoms with Crippen molar-refractivity contribution >= 4 is 35.7 Å². The van der Waals surface area contributed by atoms with E-state index in [4.69, 9.17) is 14.2 Å². The lowest BCUT2D eigenvalue weighted by Crippen LogP contribution is -2.39. The number of hydroxylamine groups is 2. The Kier molecular flexibility index (Phi) is 8.74. The van der Waals surface area contributed by atoms with Gasteiger partial charge in [-0.25, -0.2) is 4.79 Å². The summed E-state index contributed by atoms with van der Waals surface area (Å²) in [6.45, 7) is 6.55. The van der Waals surface area contributed by atoms with Gasteiger partial charge in [0.05, 0.1) is 25.9 Å². The molecule has 11 nitrogen and oxygen atoms in total. The molecule has 1 heterocycles. The van der Waals surface area contributed by atoms with Crippen LogP contribution >= 0.6 is 0 Å². The molecule has 2 amide bonds. The third-order valence-electron chi connectivity index (χ3n) is 3.33. The van der Waals surface area contributed by atoms with Crippen LogP contribution in [0.3, 0.4) is 0 Å². The molecular formula is C18H25NO10. The van der Waals surface area contributed by atoms with Crippen LogP contribution in [0, 0.1) is 0 Å². The summed E-state index contributed by atoms with van der Waals surface area (Å²) in [4.78, 5) is 75.4. The van der Waals surface area contributed by atoms with E-state index in [0.29, 0.717) is 0 Å². The molecule has 0 radical (unpaired) electrons. The minimum Gasteiger partial charge on any atom is -0.466 e. The molecule has 1 aliphatic rings. The third-order valence-corrected chi connectivity index (χ3v) is 3.33. The van der Waals surface area contributed by atoms with Crippen molar-refractivity contribution in [2.24, 2.45) is 0 Å². The van der Waals surface area contributed by atoms with E-state index in [0.717, 1.165) is 0 Å². The zero-order valence-electron chi connectivity index (χ0n) is 16.8. The summed E-state index contributed by atoms with van der Waals surface area (Å²) in [6.07, 6.45) is -3.39. The van der Waals surface area contributed by atoms with Crippen molar-refractivity contribution in [2.45, 2.75) is 71.5 Å². The Morgan fingerprint density at radius 3 is 2.03 bits per heavy atom. The second kappa shape index (κ2) is 10.5. The lowest BCUT2D eigenvalue weighted by Gasteiger charge is -2.20. The fraction of sp³-hybridized carbons (Fsp3) is 0.667. The number of hydrogen-bond acceptors (Lipinski definition) is 10. The standard InChI is InChI=1S/C18H25NO10/c1-5-26-16(24)10-11(17(25)29-19-12(20)6-7-13(19)21)27-14(22)8-9-15(23)28-18(2,3)4/h11H,5-10H2,1-4H3. The van der Waals surface area contributed by atoms with Crippen molar-refractivity contribution in [3.8, 4) is 0 Å². The first-order valence-electron chi connectivity index (χ1n) is 9.07. The van der Waals surface area contributed by atoms with Gasteiger partial charge in [-0.05, 0) is 27.7 Å². The highest BCUT2D eigenvalue weighted by molar-refractivity contribution is 6.02. The van der Waals surface area contributed by atoms with Crippen LogP contribution in [0.15, 0.2) is 0 Å². The molecule has 1 saturated heterocycles. The minimum absolute atomic E-state index is 0.0241. The summed E-state index contributed by atoms with van der Waals surface area (Å²) < 4.78 is 14.7. The van der Waals surface area contributed by atoms with Crippen molar-refractivity contribution in [2.75, 3.05) is 6.61 Å². The summed E-state index contributed by atoms with van der Waals surface area (Å²) in [7, 11) is 0. The van der Waals surface area contributed by atoms with Crippen LogP contribution in [0.4, 0.5) is 0 Å². The second-order valence-electron chi connectivity index (χ2n) is 7.07. The average Bonchev–Trinajstić information content (AvgIpc) is 2.90. The number of amides is 2. The van der Waals surface area contributed by atoms with Crippen molar-refractivity contribution in [3.63, 3.8) is 0 Å². The Labute approximate surface area is 167 Å². The Balaban J connectivity index is 2.71. The molecule has 0 bridgehead atoms. The van der Waals surface area contributed by atoms with Gasteiger partial charge >= 0.3 is 23.9 Å². The Bertz CT molecular complexity index is 663. The number of esters is 3. The van der Waals surface area contributed by atoms with Gasteiger partial charge in [0.1, 0.15) is 5.60 Å². The molecule has 1 atom stereocenters. The topological polar surface area (TPSA) is 143 Å². The van der Waals surface area contributed by atoms with E-state index in [1.54, 1.807) is 27.7 Å². The Morgan fingerprint density at radius 1 is 0.966 bits per heavy atom. The van der Waals surface area contributed by atoms with E-state index in [9.17, 15) is 28.8 Å². The maximum atomic E-state index is 12.2. The molecule has 1 rings (SSSR count). The van der Waals surface area contributed by atoms with Gasteiger partial charge in [-0.1, -0.05) is 0 Å². The predicted molar refractivity (Wildman–Crippen MR) is 93.4 cm³/mol. The van der Waals surface area contributed by atoms with Crippen molar-refractivity contribution in [1.82, 2.24) is 5.06 Å². The number of ether oxygens (including phenoxy) is 3. The SMILES string of the molecule is CCOC(=O)CC(OC(=O)CCC(=O)OC(C)(C)C)C(=O)ON1C(=O)CCC1=O. The number of rotatable bonds is 9. The summed E-state index contributed by atoms with van der Waals surface area (Å²) in [5, 5.41) is 0.273. The van der Waals surface area contributed by atoms with Crippen LogP contribution < -0.4 is 0 Å². The zero-order valence-corrected chi connectivity index (χ0v) is 16.8. The van der Waals surface area contributed by atoms with Gasteiger partial charge in [0.2, 0.25) is 6.10 Å². The first-order chi connectivity index (χ1) is 13.4. The molecule has 1 aliphatic heterocycles. The molecule has 11 heteroatoms.